The normalized spacial score (nSPS) is 10.9. The number of aromatic nitrogens is 7. The van der Waals surface area contributed by atoms with Gasteiger partial charge in [-0.05, 0) is 29.0 Å². The Balaban J connectivity index is 1.66. The summed E-state index contributed by atoms with van der Waals surface area (Å²) in [5, 5.41) is 16.9. The van der Waals surface area contributed by atoms with E-state index in [1.807, 2.05) is 35.0 Å². The second-order valence-electron chi connectivity index (χ2n) is 4.41. The van der Waals surface area contributed by atoms with Gasteiger partial charge in [0.2, 0.25) is 5.16 Å². The van der Waals surface area contributed by atoms with Crippen LogP contribution in [0.15, 0.2) is 41.8 Å². The van der Waals surface area contributed by atoms with Gasteiger partial charge >= 0.3 is 0 Å². The largest absolute Gasteiger partial charge is 0.229 e. The first-order valence-electron chi connectivity index (χ1n) is 6.71. The number of nitrogens with zero attached hydrogens (tertiary/aromatic N) is 7. The topological polar surface area (TPSA) is 74.3 Å². The van der Waals surface area contributed by atoms with E-state index in [0.717, 1.165) is 24.5 Å². The molecule has 0 N–H and O–H groups in total. The van der Waals surface area contributed by atoms with Crippen LogP contribution in [0.4, 0.5) is 0 Å². The third-order valence-corrected chi connectivity index (χ3v) is 3.71. The van der Waals surface area contributed by atoms with Gasteiger partial charge in [-0.25, -0.2) is 14.3 Å². The van der Waals surface area contributed by atoms with E-state index < -0.39 is 0 Å². The number of para-hydroxylation sites is 1. The van der Waals surface area contributed by atoms with Gasteiger partial charge in [0.25, 0.3) is 0 Å². The second kappa shape index (κ2) is 6.49. The number of thioether (sulfide) groups is 1. The highest BCUT2D eigenvalue weighted by Crippen LogP contribution is 2.18. The van der Waals surface area contributed by atoms with Crippen molar-refractivity contribution in [1.29, 1.82) is 0 Å². The smallest absolute Gasteiger partial charge is 0.209 e. The number of tetrazole rings is 1. The minimum atomic E-state index is 0.659. The summed E-state index contributed by atoms with van der Waals surface area (Å²) in [5.41, 5.74) is 0.993. The molecule has 7 nitrogen and oxygen atoms in total. The number of benzene rings is 1. The van der Waals surface area contributed by atoms with E-state index in [2.05, 4.69) is 32.5 Å². The summed E-state index contributed by atoms with van der Waals surface area (Å²) in [4.78, 5) is 4.30. The lowest BCUT2D eigenvalue weighted by atomic mass is 10.3. The molecule has 2 heterocycles. The SMILES string of the molecule is CCCn1nnnc1CSc1ncn(-c2ccccc2)n1. The van der Waals surface area contributed by atoms with Crippen molar-refractivity contribution in [3.63, 3.8) is 0 Å². The first kappa shape index (κ1) is 13.7. The summed E-state index contributed by atoms with van der Waals surface area (Å²) < 4.78 is 3.58. The van der Waals surface area contributed by atoms with Gasteiger partial charge in [-0.2, -0.15) is 0 Å². The molecule has 108 valence electrons. The van der Waals surface area contributed by atoms with Crippen molar-refractivity contribution < 1.29 is 0 Å². The van der Waals surface area contributed by atoms with Crippen molar-refractivity contribution in [2.75, 3.05) is 0 Å². The van der Waals surface area contributed by atoms with Crippen LogP contribution in [0.1, 0.15) is 19.2 Å². The second-order valence-corrected chi connectivity index (χ2v) is 5.36. The van der Waals surface area contributed by atoms with Gasteiger partial charge < -0.3 is 0 Å². The van der Waals surface area contributed by atoms with Crippen molar-refractivity contribution in [2.45, 2.75) is 30.8 Å². The molecule has 0 aliphatic carbocycles. The molecule has 21 heavy (non-hydrogen) atoms. The van der Waals surface area contributed by atoms with Gasteiger partial charge in [0, 0.05) is 6.54 Å². The van der Waals surface area contributed by atoms with Crippen LogP contribution in [0.5, 0.6) is 0 Å². The summed E-state index contributed by atoms with van der Waals surface area (Å²) in [5.74, 6) is 1.50. The highest BCUT2D eigenvalue weighted by atomic mass is 32.2. The van der Waals surface area contributed by atoms with Crippen LogP contribution in [0, 0.1) is 0 Å². The minimum Gasteiger partial charge on any atom is -0.229 e. The Morgan fingerprint density at radius 3 is 2.86 bits per heavy atom. The maximum atomic E-state index is 4.45. The fourth-order valence-corrected chi connectivity index (χ4v) is 2.59. The summed E-state index contributed by atoms with van der Waals surface area (Å²) in [6.07, 6.45) is 2.72. The lowest BCUT2D eigenvalue weighted by Crippen LogP contribution is -2.04. The quantitative estimate of drug-likeness (QED) is 0.648. The van der Waals surface area contributed by atoms with Crippen LogP contribution >= 0.6 is 11.8 Å². The molecular formula is C13H15N7S. The van der Waals surface area contributed by atoms with E-state index in [4.69, 9.17) is 0 Å². The molecule has 0 fully saturated rings. The molecule has 0 saturated heterocycles. The molecule has 0 aliphatic rings. The number of aryl methyl sites for hydroxylation is 1. The van der Waals surface area contributed by atoms with E-state index >= 15 is 0 Å². The summed E-state index contributed by atoms with van der Waals surface area (Å²) in [6.45, 7) is 2.93. The van der Waals surface area contributed by atoms with Crippen LogP contribution in [-0.4, -0.2) is 35.0 Å². The third kappa shape index (κ3) is 3.27. The molecule has 0 aliphatic heterocycles. The predicted molar refractivity (Wildman–Crippen MR) is 79.0 cm³/mol. The molecule has 8 heteroatoms. The Bertz CT molecular complexity index is 691. The fourth-order valence-electron chi connectivity index (χ4n) is 1.86. The van der Waals surface area contributed by atoms with E-state index in [1.54, 1.807) is 11.0 Å². The highest BCUT2D eigenvalue weighted by molar-refractivity contribution is 7.98. The standard InChI is InChI=1S/C13H15N7S/c1-2-8-19-12(15-17-18-19)9-21-13-14-10-20(16-13)11-6-4-3-5-7-11/h3-7,10H,2,8-9H2,1H3. The lowest BCUT2D eigenvalue weighted by molar-refractivity contribution is 0.564. The molecule has 2 aromatic heterocycles. The Morgan fingerprint density at radius 2 is 2.05 bits per heavy atom. The molecule has 0 unspecified atom stereocenters. The molecule has 0 amide bonds. The van der Waals surface area contributed by atoms with E-state index in [0.29, 0.717) is 10.9 Å². The van der Waals surface area contributed by atoms with Crippen molar-refractivity contribution >= 4 is 11.8 Å². The van der Waals surface area contributed by atoms with Gasteiger partial charge in [0.1, 0.15) is 6.33 Å². The summed E-state index contributed by atoms with van der Waals surface area (Å²) in [6, 6.07) is 9.91. The Kier molecular flexibility index (Phi) is 4.25. The Morgan fingerprint density at radius 1 is 1.19 bits per heavy atom. The van der Waals surface area contributed by atoms with Crippen molar-refractivity contribution in [2.24, 2.45) is 0 Å². The minimum absolute atomic E-state index is 0.659. The number of rotatable bonds is 6. The molecule has 0 saturated carbocycles. The molecule has 1 aromatic carbocycles. The van der Waals surface area contributed by atoms with Gasteiger partial charge in [-0.1, -0.05) is 36.9 Å². The fraction of sp³-hybridized carbons (Fsp3) is 0.308. The van der Waals surface area contributed by atoms with Gasteiger partial charge in [-0.3, -0.25) is 0 Å². The van der Waals surface area contributed by atoms with Gasteiger partial charge in [0.05, 0.1) is 11.4 Å². The van der Waals surface area contributed by atoms with Crippen LogP contribution < -0.4 is 0 Å². The first-order chi connectivity index (χ1) is 10.4. The third-order valence-electron chi connectivity index (χ3n) is 2.86. The molecule has 0 bridgehead atoms. The zero-order chi connectivity index (χ0) is 14.5. The van der Waals surface area contributed by atoms with Crippen LogP contribution in [0.25, 0.3) is 5.69 Å². The molecule has 0 atom stereocenters. The van der Waals surface area contributed by atoms with Crippen LogP contribution in [0.3, 0.4) is 0 Å². The molecule has 0 radical (unpaired) electrons. The highest BCUT2D eigenvalue weighted by Gasteiger charge is 2.09. The summed E-state index contributed by atoms with van der Waals surface area (Å²) >= 11 is 1.53. The maximum absolute atomic E-state index is 4.45. The Hall–Kier alpha value is -2.22. The number of hydrogen-bond donors (Lipinski definition) is 0. The van der Waals surface area contributed by atoms with E-state index in [1.165, 1.54) is 11.8 Å². The average molecular weight is 301 g/mol. The van der Waals surface area contributed by atoms with Crippen molar-refractivity contribution in [1.82, 2.24) is 35.0 Å². The molecule has 0 spiro atoms. The van der Waals surface area contributed by atoms with Crippen LogP contribution in [0.2, 0.25) is 0 Å². The summed E-state index contributed by atoms with van der Waals surface area (Å²) in [7, 11) is 0. The van der Waals surface area contributed by atoms with Crippen molar-refractivity contribution in [3.8, 4) is 5.69 Å². The lowest BCUT2D eigenvalue weighted by Gasteiger charge is -2.00. The monoisotopic (exact) mass is 301 g/mol. The average Bonchev–Trinajstić information content (AvgIpc) is 3.16. The van der Waals surface area contributed by atoms with E-state index in [-0.39, 0.29) is 0 Å². The Labute approximate surface area is 126 Å². The van der Waals surface area contributed by atoms with Gasteiger partial charge in [-0.15, -0.1) is 10.2 Å². The predicted octanol–water partition coefficient (Wildman–Crippen LogP) is 1.96. The maximum Gasteiger partial charge on any atom is 0.209 e. The zero-order valence-electron chi connectivity index (χ0n) is 11.6. The van der Waals surface area contributed by atoms with Crippen molar-refractivity contribution in [3.05, 3.63) is 42.5 Å². The molecule has 3 rings (SSSR count). The van der Waals surface area contributed by atoms with E-state index in [9.17, 15) is 0 Å². The first-order valence-corrected chi connectivity index (χ1v) is 7.70. The zero-order valence-corrected chi connectivity index (χ0v) is 12.4. The van der Waals surface area contributed by atoms with Gasteiger partial charge in [0.15, 0.2) is 5.82 Å². The molecule has 3 aromatic rings. The molecular weight excluding hydrogens is 286 g/mol. The number of hydrogen-bond acceptors (Lipinski definition) is 6. The van der Waals surface area contributed by atoms with Crippen LogP contribution in [-0.2, 0) is 12.3 Å².